The third-order valence-corrected chi connectivity index (χ3v) is 4.99. The molecule has 17 heavy (non-hydrogen) atoms. The minimum Gasteiger partial charge on any atom is -0.311 e. The largest absolute Gasteiger partial charge is 0.311 e. The molecule has 0 aromatic rings. The third kappa shape index (κ3) is 4.62. The Hall–Kier alpha value is -0.0400. The van der Waals surface area contributed by atoms with E-state index in [9.17, 15) is 0 Å². The second-order valence-electron chi connectivity index (χ2n) is 6.79. The van der Waals surface area contributed by atoms with E-state index >= 15 is 0 Å². The molecule has 0 aromatic heterocycles. The summed E-state index contributed by atoms with van der Waals surface area (Å²) in [7, 11) is 0. The highest BCUT2D eigenvalue weighted by atomic mass is 14.9. The fourth-order valence-electron chi connectivity index (χ4n) is 3.64. The van der Waals surface area contributed by atoms with Crippen LogP contribution in [0.15, 0.2) is 0 Å². The molecule has 2 aliphatic rings. The SMILES string of the molecule is CC1CCCC(NC2CCCC(C)CC2)CC1. The molecular formula is C16H31N. The molecule has 0 aromatic carbocycles. The summed E-state index contributed by atoms with van der Waals surface area (Å²) in [5, 5.41) is 3.98. The van der Waals surface area contributed by atoms with E-state index < -0.39 is 0 Å². The Morgan fingerprint density at radius 2 is 1.06 bits per heavy atom. The normalized spacial score (nSPS) is 40.6. The fraction of sp³-hybridized carbons (Fsp3) is 1.00. The van der Waals surface area contributed by atoms with Gasteiger partial charge in [-0.25, -0.2) is 0 Å². The first-order valence-corrected chi connectivity index (χ1v) is 8.00. The van der Waals surface area contributed by atoms with Crippen molar-refractivity contribution in [2.75, 3.05) is 0 Å². The van der Waals surface area contributed by atoms with Crippen LogP contribution in [0.3, 0.4) is 0 Å². The van der Waals surface area contributed by atoms with Gasteiger partial charge in [0.15, 0.2) is 0 Å². The first kappa shape index (κ1) is 13.4. The average molecular weight is 237 g/mol. The molecule has 2 fully saturated rings. The predicted octanol–water partition coefficient (Wildman–Crippen LogP) is 4.51. The summed E-state index contributed by atoms with van der Waals surface area (Å²) in [4.78, 5) is 0. The topological polar surface area (TPSA) is 12.0 Å². The second-order valence-corrected chi connectivity index (χ2v) is 6.79. The van der Waals surface area contributed by atoms with Gasteiger partial charge in [0.25, 0.3) is 0 Å². The molecule has 0 radical (unpaired) electrons. The van der Waals surface area contributed by atoms with Crippen molar-refractivity contribution in [2.24, 2.45) is 11.8 Å². The minimum absolute atomic E-state index is 0.832. The molecule has 0 saturated heterocycles. The first-order valence-electron chi connectivity index (χ1n) is 8.00. The number of hydrogen-bond acceptors (Lipinski definition) is 1. The lowest BCUT2D eigenvalue weighted by atomic mass is 10.0. The lowest BCUT2D eigenvalue weighted by molar-refractivity contribution is 0.360. The van der Waals surface area contributed by atoms with E-state index in [1.807, 2.05) is 0 Å². The summed E-state index contributed by atoms with van der Waals surface area (Å²) in [6.45, 7) is 4.85. The van der Waals surface area contributed by atoms with Gasteiger partial charge >= 0.3 is 0 Å². The van der Waals surface area contributed by atoms with Gasteiger partial charge in [0, 0.05) is 12.1 Å². The maximum absolute atomic E-state index is 3.98. The standard InChI is InChI=1S/C16H31N/c1-13-5-3-7-15(11-9-13)17-16-8-4-6-14(2)10-12-16/h13-17H,3-12H2,1-2H3. The van der Waals surface area contributed by atoms with Crippen LogP contribution in [0.2, 0.25) is 0 Å². The molecular weight excluding hydrogens is 206 g/mol. The van der Waals surface area contributed by atoms with Crippen LogP contribution in [0.1, 0.15) is 78.1 Å². The summed E-state index contributed by atoms with van der Waals surface area (Å²) >= 11 is 0. The van der Waals surface area contributed by atoms with E-state index in [-0.39, 0.29) is 0 Å². The molecule has 100 valence electrons. The van der Waals surface area contributed by atoms with Crippen molar-refractivity contribution in [3.63, 3.8) is 0 Å². The molecule has 0 bridgehead atoms. The summed E-state index contributed by atoms with van der Waals surface area (Å²) in [5.41, 5.74) is 0. The van der Waals surface area contributed by atoms with Crippen LogP contribution in [0.4, 0.5) is 0 Å². The first-order chi connectivity index (χ1) is 8.24. The number of nitrogens with one attached hydrogen (secondary N) is 1. The van der Waals surface area contributed by atoms with E-state index in [1.165, 1.54) is 64.2 Å². The van der Waals surface area contributed by atoms with Crippen molar-refractivity contribution in [1.82, 2.24) is 5.32 Å². The van der Waals surface area contributed by atoms with E-state index in [0.717, 1.165) is 23.9 Å². The van der Waals surface area contributed by atoms with E-state index in [1.54, 1.807) is 0 Å². The van der Waals surface area contributed by atoms with E-state index in [0.29, 0.717) is 0 Å². The van der Waals surface area contributed by atoms with Crippen molar-refractivity contribution in [3.8, 4) is 0 Å². The van der Waals surface area contributed by atoms with Gasteiger partial charge < -0.3 is 5.32 Å². The average Bonchev–Trinajstić information content (AvgIpc) is 2.62. The van der Waals surface area contributed by atoms with Crippen LogP contribution in [-0.2, 0) is 0 Å². The predicted molar refractivity (Wildman–Crippen MR) is 75.2 cm³/mol. The molecule has 4 unspecified atom stereocenters. The highest BCUT2D eigenvalue weighted by molar-refractivity contribution is 4.80. The smallest absolute Gasteiger partial charge is 0.00697 e. The maximum Gasteiger partial charge on any atom is 0.00697 e. The van der Waals surface area contributed by atoms with Crippen LogP contribution in [0.25, 0.3) is 0 Å². The van der Waals surface area contributed by atoms with Gasteiger partial charge in [-0.15, -0.1) is 0 Å². The zero-order chi connectivity index (χ0) is 12.1. The zero-order valence-electron chi connectivity index (χ0n) is 11.9. The third-order valence-electron chi connectivity index (χ3n) is 4.99. The van der Waals surface area contributed by atoms with Gasteiger partial charge in [-0.3, -0.25) is 0 Å². The maximum atomic E-state index is 3.98. The van der Waals surface area contributed by atoms with E-state index in [4.69, 9.17) is 0 Å². The molecule has 0 aliphatic heterocycles. The van der Waals surface area contributed by atoms with Gasteiger partial charge in [0.05, 0.1) is 0 Å². The molecule has 2 rings (SSSR count). The molecule has 0 spiro atoms. The minimum atomic E-state index is 0.832. The lowest BCUT2D eigenvalue weighted by Crippen LogP contribution is -2.37. The summed E-state index contributed by atoms with van der Waals surface area (Å²) in [6, 6.07) is 1.66. The molecule has 2 aliphatic carbocycles. The zero-order valence-corrected chi connectivity index (χ0v) is 11.9. The molecule has 1 heteroatoms. The second kappa shape index (κ2) is 6.78. The van der Waals surface area contributed by atoms with Crippen molar-refractivity contribution >= 4 is 0 Å². The van der Waals surface area contributed by atoms with E-state index in [2.05, 4.69) is 19.2 Å². The molecule has 1 N–H and O–H groups in total. The lowest BCUT2D eigenvalue weighted by Gasteiger charge is -2.24. The summed E-state index contributed by atoms with van der Waals surface area (Å²) in [6.07, 6.45) is 14.4. The van der Waals surface area contributed by atoms with Crippen molar-refractivity contribution in [2.45, 2.75) is 90.1 Å². The number of hydrogen-bond donors (Lipinski definition) is 1. The number of rotatable bonds is 2. The van der Waals surface area contributed by atoms with Gasteiger partial charge in [0.2, 0.25) is 0 Å². The summed E-state index contributed by atoms with van der Waals surface area (Å²) in [5.74, 6) is 1.94. The Labute approximate surface area is 108 Å². The monoisotopic (exact) mass is 237 g/mol. The molecule has 1 nitrogen and oxygen atoms in total. The van der Waals surface area contributed by atoms with Crippen LogP contribution in [-0.4, -0.2) is 12.1 Å². The van der Waals surface area contributed by atoms with Crippen LogP contribution in [0, 0.1) is 11.8 Å². The Bertz CT molecular complexity index is 192. The fourth-order valence-corrected chi connectivity index (χ4v) is 3.64. The van der Waals surface area contributed by atoms with Gasteiger partial charge in [-0.05, 0) is 50.4 Å². The quantitative estimate of drug-likeness (QED) is 0.697. The Morgan fingerprint density at radius 3 is 1.53 bits per heavy atom. The Kier molecular flexibility index (Phi) is 5.34. The molecule has 0 amide bonds. The molecule has 0 heterocycles. The van der Waals surface area contributed by atoms with Gasteiger partial charge in [-0.1, -0.05) is 39.5 Å². The van der Waals surface area contributed by atoms with Gasteiger partial charge in [0.1, 0.15) is 0 Å². The highest BCUT2D eigenvalue weighted by Crippen LogP contribution is 2.26. The van der Waals surface area contributed by atoms with Crippen LogP contribution >= 0.6 is 0 Å². The molecule has 2 saturated carbocycles. The van der Waals surface area contributed by atoms with Crippen molar-refractivity contribution in [3.05, 3.63) is 0 Å². The Morgan fingerprint density at radius 1 is 0.588 bits per heavy atom. The Balaban J connectivity index is 1.75. The van der Waals surface area contributed by atoms with Crippen molar-refractivity contribution < 1.29 is 0 Å². The van der Waals surface area contributed by atoms with Gasteiger partial charge in [-0.2, -0.15) is 0 Å². The van der Waals surface area contributed by atoms with Crippen LogP contribution in [0.5, 0.6) is 0 Å². The molecule has 4 atom stereocenters. The van der Waals surface area contributed by atoms with Crippen LogP contribution < -0.4 is 5.32 Å². The van der Waals surface area contributed by atoms with Crippen molar-refractivity contribution in [1.29, 1.82) is 0 Å². The highest BCUT2D eigenvalue weighted by Gasteiger charge is 2.21. The summed E-state index contributed by atoms with van der Waals surface area (Å²) < 4.78 is 0.